The van der Waals surface area contributed by atoms with Crippen molar-refractivity contribution < 1.29 is 5.11 Å². The van der Waals surface area contributed by atoms with Crippen molar-refractivity contribution in [3.8, 4) is 5.75 Å². The van der Waals surface area contributed by atoms with Crippen molar-refractivity contribution in [2.75, 3.05) is 5.32 Å². The number of hydrogen-bond donors (Lipinski definition) is 2. The van der Waals surface area contributed by atoms with Crippen molar-refractivity contribution in [3.05, 3.63) is 53.6 Å². The Balaban J connectivity index is 2.29. The van der Waals surface area contributed by atoms with E-state index < -0.39 is 0 Å². The molecular formula is C12H10ClNO. The molecule has 0 aliphatic heterocycles. The lowest BCUT2D eigenvalue weighted by atomic mass is 10.2. The molecule has 0 saturated heterocycles. The van der Waals surface area contributed by atoms with Gasteiger partial charge in [0.1, 0.15) is 0 Å². The van der Waals surface area contributed by atoms with E-state index in [2.05, 4.69) is 5.32 Å². The van der Waals surface area contributed by atoms with Gasteiger partial charge < -0.3 is 10.4 Å². The molecule has 3 heteroatoms. The normalized spacial score (nSPS) is 9.93. The predicted octanol–water partition coefficient (Wildman–Crippen LogP) is 3.79. The van der Waals surface area contributed by atoms with Crippen LogP contribution >= 0.6 is 11.6 Å². The fraction of sp³-hybridized carbons (Fsp3) is 0. The van der Waals surface area contributed by atoms with Crippen LogP contribution in [0.15, 0.2) is 48.5 Å². The minimum atomic E-state index is 0.0722. The van der Waals surface area contributed by atoms with Crippen LogP contribution in [0.3, 0.4) is 0 Å². The van der Waals surface area contributed by atoms with E-state index in [4.69, 9.17) is 11.6 Å². The molecule has 0 aliphatic rings. The molecule has 0 atom stereocenters. The monoisotopic (exact) mass is 219 g/mol. The van der Waals surface area contributed by atoms with Gasteiger partial charge in [-0.15, -0.1) is 0 Å². The SMILES string of the molecule is Oc1c(Cl)cccc1Nc1ccccc1. The average molecular weight is 220 g/mol. The highest BCUT2D eigenvalue weighted by Crippen LogP contribution is 2.32. The van der Waals surface area contributed by atoms with Crippen LogP contribution in [0.5, 0.6) is 5.75 Å². The van der Waals surface area contributed by atoms with Gasteiger partial charge in [-0.05, 0) is 24.3 Å². The van der Waals surface area contributed by atoms with Gasteiger partial charge in [-0.3, -0.25) is 0 Å². The first-order valence-corrected chi connectivity index (χ1v) is 4.95. The molecule has 0 amide bonds. The van der Waals surface area contributed by atoms with E-state index in [9.17, 15) is 5.11 Å². The summed E-state index contributed by atoms with van der Waals surface area (Å²) in [6, 6.07) is 14.8. The van der Waals surface area contributed by atoms with Gasteiger partial charge in [-0.1, -0.05) is 35.9 Å². The third-order valence-corrected chi connectivity index (χ3v) is 2.34. The molecule has 0 heterocycles. The standard InChI is InChI=1S/C12H10ClNO/c13-10-7-4-8-11(12(10)15)14-9-5-2-1-3-6-9/h1-8,14-15H. The Morgan fingerprint density at radius 3 is 2.40 bits per heavy atom. The summed E-state index contributed by atoms with van der Waals surface area (Å²) < 4.78 is 0. The van der Waals surface area contributed by atoms with Crippen molar-refractivity contribution >= 4 is 23.0 Å². The van der Waals surface area contributed by atoms with Crippen LogP contribution in [0.4, 0.5) is 11.4 Å². The van der Waals surface area contributed by atoms with Gasteiger partial charge in [0.25, 0.3) is 0 Å². The van der Waals surface area contributed by atoms with Gasteiger partial charge in [0.15, 0.2) is 5.75 Å². The smallest absolute Gasteiger partial charge is 0.157 e. The minimum absolute atomic E-state index is 0.0722. The lowest BCUT2D eigenvalue weighted by Crippen LogP contribution is -1.90. The second-order valence-electron chi connectivity index (χ2n) is 3.13. The Kier molecular flexibility index (Phi) is 2.79. The number of benzene rings is 2. The molecule has 0 saturated carbocycles. The summed E-state index contributed by atoms with van der Waals surface area (Å²) >= 11 is 5.79. The number of hydrogen-bond acceptors (Lipinski definition) is 2. The van der Waals surface area contributed by atoms with E-state index in [1.165, 1.54) is 0 Å². The molecule has 0 unspecified atom stereocenters. The summed E-state index contributed by atoms with van der Waals surface area (Å²) in [6.07, 6.45) is 0. The van der Waals surface area contributed by atoms with Crippen LogP contribution in [-0.4, -0.2) is 5.11 Å². The summed E-state index contributed by atoms with van der Waals surface area (Å²) in [5.41, 5.74) is 1.52. The van der Waals surface area contributed by atoms with E-state index in [0.29, 0.717) is 10.7 Å². The topological polar surface area (TPSA) is 32.3 Å². The molecule has 0 spiro atoms. The third kappa shape index (κ3) is 2.22. The van der Waals surface area contributed by atoms with Crippen LogP contribution in [0.25, 0.3) is 0 Å². The zero-order valence-electron chi connectivity index (χ0n) is 7.94. The Morgan fingerprint density at radius 2 is 1.67 bits per heavy atom. The quantitative estimate of drug-likeness (QED) is 0.754. The molecular weight excluding hydrogens is 210 g/mol. The van der Waals surface area contributed by atoms with Gasteiger partial charge in [0.2, 0.25) is 0 Å². The number of halogens is 1. The lowest BCUT2D eigenvalue weighted by molar-refractivity contribution is 0.478. The van der Waals surface area contributed by atoms with E-state index >= 15 is 0 Å². The number of anilines is 2. The van der Waals surface area contributed by atoms with Gasteiger partial charge in [0, 0.05) is 5.69 Å². The third-order valence-electron chi connectivity index (χ3n) is 2.04. The highest BCUT2D eigenvalue weighted by molar-refractivity contribution is 6.32. The van der Waals surface area contributed by atoms with Crippen molar-refractivity contribution in [3.63, 3.8) is 0 Å². The van der Waals surface area contributed by atoms with Crippen LogP contribution < -0.4 is 5.32 Å². The summed E-state index contributed by atoms with van der Waals surface area (Å²) in [6.45, 7) is 0. The van der Waals surface area contributed by atoms with Crippen LogP contribution in [0, 0.1) is 0 Å². The molecule has 0 radical (unpaired) electrons. The molecule has 2 N–H and O–H groups in total. The van der Waals surface area contributed by atoms with Crippen LogP contribution in [0.2, 0.25) is 5.02 Å². The van der Waals surface area contributed by atoms with Gasteiger partial charge in [0.05, 0.1) is 10.7 Å². The number of phenols is 1. The zero-order chi connectivity index (χ0) is 10.7. The van der Waals surface area contributed by atoms with Crippen molar-refractivity contribution in [1.29, 1.82) is 0 Å². The van der Waals surface area contributed by atoms with Crippen LogP contribution in [-0.2, 0) is 0 Å². The first-order valence-electron chi connectivity index (χ1n) is 4.57. The summed E-state index contributed by atoms with van der Waals surface area (Å²) in [5.74, 6) is 0.0722. The predicted molar refractivity (Wildman–Crippen MR) is 62.8 cm³/mol. The number of phenolic OH excluding ortho intramolecular Hbond substituents is 1. The molecule has 0 fully saturated rings. The molecule has 0 bridgehead atoms. The summed E-state index contributed by atoms with van der Waals surface area (Å²) in [5, 5.41) is 13.1. The Morgan fingerprint density at radius 1 is 0.933 bits per heavy atom. The second kappa shape index (κ2) is 4.24. The maximum atomic E-state index is 9.66. The average Bonchev–Trinajstić information content (AvgIpc) is 2.26. The summed E-state index contributed by atoms with van der Waals surface area (Å²) in [7, 11) is 0. The molecule has 2 nitrogen and oxygen atoms in total. The highest BCUT2D eigenvalue weighted by Gasteiger charge is 2.04. The molecule has 15 heavy (non-hydrogen) atoms. The Hall–Kier alpha value is -1.67. The van der Waals surface area contributed by atoms with Crippen molar-refractivity contribution in [2.24, 2.45) is 0 Å². The fourth-order valence-corrected chi connectivity index (χ4v) is 1.47. The van der Waals surface area contributed by atoms with Gasteiger partial charge in [-0.2, -0.15) is 0 Å². The second-order valence-corrected chi connectivity index (χ2v) is 3.53. The highest BCUT2D eigenvalue weighted by atomic mass is 35.5. The molecule has 2 aromatic rings. The largest absolute Gasteiger partial charge is 0.504 e. The van der Waals surface area contributed by atoms with E-state index in [-0.39, 0.29) is 5.75 Å². The van der Waals surface area contributed by atoms with E-state index in [1.807, 2.05) is 30.3 Å². The van der Waals surface area contributed by atoms with Gasteiger partial charge >= 0.3 is 0 Å². The molecule has 0 aliphatic carbocycles. The number of para-hydroxylation sites is 2. The minimum Gasteiger partial charge on any atom is -0.504 e. The maximum Gasteiger partial charge on any atom is 0.157 e. The summed E-state index contributed by atoms with van der Waals surface area (Å²) in [4.78, 5) is 0. The molecule has 76 valence electrons. The maximum absolute atomic E-state index is 9.66. The Bertz CT molecular complexity index is 456. The van der Waals surface area contributed by atoms with E-state index in [0.717, 1.165) is 5.69 Å². The zero-order valence-corrected chi connectivity index (χ0v) is 8.70. The number of aromatic hydroxyl groups is 1. The first-order chi connectivity index (χ1) is 7.27. The van der Waals surface area contributed by atoms with Crippen LogP contribution in [0.1, 0.15) is 0 Å². The molecule has 2 aromatic carbocycles. The van der Waals surface area contributed by atoms with Gasteiger partial charge in [-0.25, -0.2) is 0 Å². The molecule has 0 aromatic heterocycles. The first kappa shape index (κ1) is 9.87. The van der Waals surface area contributed by atoms with Crippen molar-refractivity contribution in [2.45, 2.75) is 0 Å². The lowest BCUT2D eigenvalue weighted by Gasteiger charge is -2.08. The number of rotatable bonds is 2. The van der Waals surface area contributed by atoms with Crippen molar-refractivity contribution in [1.82, 2.24) is 0 Å². The number of nitrogens with one attached hydrogen (secondary N) is 1. The van der Waals surface area contributed by atoms with E-state index in [1.54, 1.807) is 18.2 Å². The fourth-order valence-electron chi connectivity index (χ4n) is 1.29. The molecule has 2 rings (SSSR count). The Labute approximate surface area is 93.1 Å².